The first kappa shape index (κ1) is 17.7. The fourth-order valence-corrected chi connectivity index (χ4v) is 2.66. The summed E-state index contributed by atoms with van der Waals surface area (Å²) in [4.78, 5) is 16.3. The van der Waals surface area contributed by atoms with Crippen molar-refractivity contribution in [2.75, 3.05) is 5.32 Å². The molecule has 0 aliphatic carbocycles. The number of carbonyl (C=O) groups excluding carboxylic acids is 1. The van der Waals surface area contributed by atoms with Gasteiger partial charge in [0.1, 0.15) is 11.5 Å². The standard InChI is InChI=1S/C15H9BrClF3N4O/c1-7-4-12(15(17,19)20)24-13(21-7)6-11(23-24)14(25)22-10-3-2-8(16)5-9(10)18/h2-6H,1H3,(H,22,25). The van der Waals surface area contributed by atoms with Crippen molar-refractivity contribution in [1.29, 1.82) is 0 Å². The van der Waals surface area contributed by atoms with E-state index in [-0.39, 0.29) is 22.7 Å². The molecule has 3 aromatic rings. The molecule has 0 atom stereocenters. The van der Waals surface area contributed by atoms with Gasteiger partial charge in [0.15, 0.2) is 11.3 Å². The lowest BCUT2D eigenvalue weighted by molar-refractivity contribution is 0.0868. The molecular formula is C15H9BrClF3N4O. The molecule has 0 aliphatic rings. The molecule has 5 nitrogen and oxygen atoms in total. The number of anilines is 1. The highest BCUT2D eigenvalue weighted by Crippen LogP contribution is 2.32. The SMILES string of the molecule is Cc1cc(C(F)(F)Cl)n2nc(C(=O)Nc3ccc(Br)cc3F)cc2n1. The van der Waals surface area contributed by atoms with Crippen molar-refractivity contribution in [3.05, 3.63) is 57.7 Å². The fraction of sp³-hybridized carbons (Fsp3) is 0.133. The number of alkyl halides is 3. The number of carbonyl (C=O) groups is 1. The van der Waals surface area contributed by atoms with E-state index in [0.717, 1.165) is 10.6 Å². The minimum absolute atomic E-state index is 0.0248. The molecule has 10 heteroatoms. The molecule has 25 heavy (non-hydrogen) atoms. The number of amides is 1. The number of nitrogens with one attached hydrogen (secondary N) is 1. The number of hydrogen-bond acceptors (Lipinski definition) is 3. The topological polar surface area (TPSA) is 59.3 Å². The van der Waals surface area contributed by atoms with E-state index in [2.05, 4.69) is 31.3 Å². The van der Waals surface area contributed by atoms with Gasteiger partial charge in [-0.1, -0.05) is 15.9 Å². The van der Waals surface area contributed by atoms with Crippen LogP contribution < -0.4 is 5.32 Å². The molecule has 0 unspecified atom stereocenters. The van der Waals surface area contributed by atoms with Crippen LogP contribution in [0.3, 0.4) is 0 Å². The van der Waals surface area contributed by atoms with E-state index in [1.165, 1.54) is 25.1 Å². The number of aromatic nitrogens is 3. The first-order chi connectivity index (χ1) is 11.6. The third-order valence-corrected chi connectivity index (χ3v) is 3.94. The summed E-state index contributed by atoms with van der Waals surface area (Å²) in [6.07, 6.45) is 0. The minimum Gasteiger partial charge on any atom is -0.318 e. The number of rotatable bonds is 3. The van der Waals surface area contributed by atoms with E-state index in [9.17, 15) is 18.0 Å². The minimum atomic E-state index is -3.69. The Morgan fingerprint density at radius 3 is 2.68 bits per heavy atom. The Bertz CT molecular complexity index is 987. The van der Waals surface area contributed by atoms with Crippen molar-refractivity contribution in [1.82, 2.24) is 14.6 Å². The summed E-state index contributed by atoms with van der Waals surface area (Å²) in [5, 5.41) is 2.45. The second-order valence-electron chi connectivity index (χ2n) is 5.16. The van der Waals surface area contributed by atoms with Crippen LogP contribution in [0.5, 0.6) is 0 Å². The molecule has 0 bridgehead atoms. The fourth-order valence-electron chi connectivity index (χ4n) is 2.19. The number of hydrogen-bond donors (Lipinski definition) is 1. The summed E-state index contributed by atoms with van der Waals surface area (Å²) in [7, 11) is 0. The van der Waals surface area contributed by atoms with E-state index >= 15 is 0 Å². The van der Waals surface area contributed by atoms with Gasteiger partial charge >= 0.3 is 5.38 Å². The number of fused-ring (bicyclic) bond motifs is 1. The van der Waals surface area contributed by atoms with Crippen LogP contribution in [0.4, 0.5) is 18.9 Å². The summed E-state index contributed by atoms with van der Waals surface area (Å²) < 4.78 is 42.2. The van der Waals surface area contributed by atoms with Crippen molar-refractivity contribution in [2.45, 2.75) is 12.3 Å². The van der Waals surface area contributed by atoms with Crippen LogP contribution in [0.1, 0.15) is 21.9 Å². The highest BCUT2D eigenvalue weighted by atomic mass is 79.9. The van der Waals surface area contributed by atoms with E-state index in [4.69, 9.17) is 11.6 Å². The maximum absolute atomic E-state index is 13.8. The van der Waals surface area contributed by atoms with Gasteiger partial charge in [-0.2, -0.15) is 13.9 Å². The first-order valence-corrected chi connectivity index (χ1v) is 8.03. The zero-order valence-electron chi connectivity index (χ0n) is 12.5. The molecule has 2 heterocycles. The third kappa shape index (κ3) is 3.62. The molecule has 0 aliphatic heterocycles. The van der Waals surface area contributed by atoms with E-state index in [1.807, 2.05) is 0 Å². The molecule has 1 N–H and O–H groups in total. The molecule has 3 rings (SSSR count). The van der Waals surface area contributed by atoms with Gasteiger partial charge in [0.25, 0.3) is 5.91 Å². The van der Waals surface area contributed by atoms with Crippen molar-refractivity contribution in [3.63, 3.8) is 0 Å². The molecule has 2 aromatic heterocycles. The lowest BCUT2D eigenvalue weighted by Crippen LogP contribution is -2.15. The Kier molecular flexibility index (Phi) is 4.46. The first-order valence-electron chi connectivity index (χ1n) is 6.86. The maximum atomic E-state index is 13.8. The molecule has 1 aromatic carbocycles. The van der Waals surface area contributed by atoms with Crippen LogP contribution in [0, 0.1) is 12.7 Å². The second-order valence-corrected chi connectivity index (χ2v) is 6.55. The molecule has 0 saturated heterocycles. The summed E-state index contributed by atoms with van der Waals surface area (Å²) in [6.45, 7) is 1.51. The predicted molar refractivity (Wildman–Crippen MR) is 89.5 cm³/mol. The van der Waals surface area contributed by atoms with Gasteiger partial charge < -0.3 is 5.32 Å². The smallest absolute Gasteiger partial charge is 0.318 e. The highest BCUT2D eigenvalue weighted by Gasteiger charge is 2.32. The van der Waals surface area contributed by atoms with Gasteiger partial charge in [0.2, 0.25) is 0 Å². The van der Waals surface area contributed by atoms with Gasteiger partial charge in [-0.25, -0.2) is 13.9 Å². The summed E-state index contributed by atoms with van der Waals surface area (Å²) in [6, 6.07) is 6.36. The van der Waals surface area contributed by atoms with Crippen LogP contribution in [-0.4, -0.2) is 20.5 Å². The van der Waals surface area contributed by atoms with Gasteiger partial charge in [-0.05, 0) is 42.8 Å². The molecule has 130 valence electrons. The highest BCUT2D eigenvalue weighted by molar-refractivity contribution is 9.10. The predicted octanol–water partition coefficient (Wildman–Crippen LogP) is 4.48. The Labute approximate surface area is 152 Å². The molecule has 0 radical (unpaired) electrons. The van der Waals surface area contributed by atoms with Gasteiger partial charge in [-0.15, -0.1) is 0 Å². The summed E-state index contributed by atoms with van der Waals surface area (Å²) in [5.41, 5.74) is -0.587. The molecule has 0 saturated carbocycles. The lowest BCUT2D eigenvalue weighted by Gasteiger charge is -2.10. The Hall–Kier alpha value is -2.13. The Balaban J connectivity index is 2.00. The largest absolute Gasteiger partial charge is 0.364 e. The molecular weight excluding hydrogens is 425 g/mol. The van der Waals surface area contributed by atoms with Crippen LogP contribution in [-0.2, 0) is 5.38 Å². The van der Waals surface area contributed by atoms with Gasteiger partial charge in [0.05, 0.1) is 5.69 Å². The summed E-state index contributed by atoms with van der Waals surface area (Å²) in [5.74, 6) is -1.43. The van der Waals surface area contributed by atoms with Crippen LogP contribution in [0.25, 0.3) is 5.65 Å². The van der Waals surface area contributed by atoms with Crippen molar-refractivity contribution >= 4 is 44.8 Å². The monoisotopic (exact) mass is 432 g/mol. The number of benzene rings is 1. The van der Waals surface area contributed by atoms with Crippen molar-refractivity contribution in [3.8, 4) is 0 Å². The molecule has 0 fully saturated rings. The number of aryl methyl sites for hydroxylation is 1. The zero-order valence-corrected chi connectivity index (χ0v) is 14.9. The zero-order chi connectivity index (χ0) is 18.4. The average molecular weight is 434 g/mol. The third-order valence-electron chi connectivity index (χ3n) is 3.26. The van der Waals surface area contributed by atoms with Crippen LogP contribution in [0.15, 0.2) is 34.8 Å². The average Bonchev–Trinajstić information content (AvgIpc) is 2.92. The van der Waals surface area contributed by atoms with Crippen LogP contribution >= 0.6 is 27.5 Å². The summed E-state index contributed by atoms with van der Waals surface area (Å²) >= 11 is 8.19. The van der Waals surface area contributed by atoms with E-state index in [0.29, 0.717) is 4.47 Å². The Morgan fingerprint density at radius 2 is 2.04 bits per heavy atom. The molecule has 0 spiro atoms. The van der Waals surface area contributed by atoms with Gasteiger partial charge in [0, 0.05) is 16.2 Å². The van der Waals surface area contributed by atoms with Crippen molar-refractivity contribution < 1.29 is 18.0 Å². The second kappa shape index (κ2) is 6.30. The van der Waals surface area contributed by atoms with E-state index in [1.54, 1.807) is 6.07 Å². The Morgan fingerprint density at radius 1 is 1.32 bits per heavy atom. The van der Waals surface area contributed by atoms with Crippen LogP contribution in [0.2, 0.25) is 0 Å². The van der Waals surface area contributed by atoms with Gasteiger partial charge in [-0.3, -0.25) is 4.79 Å². The van der Waals surface area contributed by atoms with E-state index < -0.39 is 22.8 Å². The number of nitrogens with zero attached hydrogens (tertiary/aromatic N) is 3. The maximum Gasteiger partial charge on any atom is 0.364 e. The quantitative estimate of drug-likeness (QED) is 0.620. The number of halogens is 5. The van der Waals surface area contributed by atoms with Crippen molar-refractivity contribution in [2.24, 2.45) is 0 Å². The normalized spacial score (nSPS) is 11.8. The lowest BCUT2D eigenvalue weighted by atomic mass is 10.3. The molecule has 1 amide bonds.